The van der Waals surface area contributed by atoms with E-state index >= 15 is 0 Å². The van der Waals surface area contributed by atoms with Gasteiger partial charge in [0.25, 0.3) is 0 Å². The minimum absolute atomic E-state index is 0.852. The Balaban J connectivity index is 1.98. The van der Waals surface area contributed by atoms with Crippen LogP contribution in [0.4, 0.5) is 0 Å². The van der Waals surface area contributed by atoms with Crippen molar-refractivity contribution < 1.29 is 9.15 Å². The molecule has 1 heterocycles. The Labute approximate surface area is 160 Å². The molecule has 0 bridgehead atoms. The van der Waals surface area contributed by atoms with E-state index in [9.17, 15) is 0 Å². The highest BCUT2D eigenvalue weighted by Crippen LogP contribution is 2.43. The average Bonchev–Trinajstić information content (AvgIpc) is 3.14. The van der Waals surface area contributed by atoms with Gasteiger partial charge in [-0.15, -0.1) is 0 Å². The fraction of sp³-hybridized carbons (Fsp3) is 0.120. The van der Waals surface area contributed by atoms with Gasteiger partial charge in [0.15, 0.2) is 0 Å². The fourth-order valence-corrected chi connectivity index (χ4v) is 3.48. The van der Waals surface area contributed by atoms with Gasteiger partial charge in [-0.3, -0.25) is 0 Å². The van der Waals surface area contributed by atoms with Crippen LogP contribution >= 0.6 is 0 Å². The Bertz CT molecular complexity index is 1010. The first kappa shape index (κ1) is 17.2. The number of rotatable bonds is 5. The summed E-state index contributed by atoms with van der Waals surface area (Å²) in [6.07, 6.45) is 0.891. The molecule has 0 aliphatic rings. The van der Waals surface area contributed by atoms with Gasteiger partial charge in [-0.25, -0.2) is 0 Å². The quantitative estimate of drug-likeness (QED) is 0.391. The molecule has 3 aromatic carbocycles. The lowest BCUT2D eigenvalue weighted by Gasteiger charge is -2.07. The van der Waals surface area contributed by atoms with Gasteiger partial charge < -0.3 is 9.15 Å². The summed E-state index contributed by atoms with van der Waals surface area (Å²) in [5.74, 6) is 2.71. The van der Waals surface area contributed by atoms with Crippen molar-refractivity contribution in [2.75, 3.05) is 7.11 Å². The lowest BCUT2D eigenvalue weighted by Crippen LogP contribution is -1.88. The van der Waals surface area contributed by atoms with Crippen LogP contribution in [-0.4, -0.2) is 7.11 Å². The lowest BCUT2D eigenvalue weighted by molar-refractivity contribution is 0.415. The zero-order valence-corrected chi connectivity index (χ0v) is 15.6. The van der Waals surface area contributed by atoms with E-state index in [4.69, 9.17) is 9.15 Å². The van der Waals surface area contributed by atoms with Crippen molar-refractivity contribution >= 4 is 0 Å². The van der Waals surface area contributed by atoms with Gasteiger partial charge in [-0.2, -0.15) is 0 Å². The van der Waals surface area contributed by atoms with Crippen molar-refractivity contribution in [2.24, 2.45) is 0 Å². The molecular formula is C25H22O2. The maximum absolute atomic E-state index is 6.49. The molecule has 0 atom stereocenters. The van der Waals surface area contributed by atoms with Crippen LogP contribution in [0, 0.1) is 0 Å². The van der Waals surface area contributed by atoms with Crippen LogP contribution in [0.3, 0.4) is 0 Å². The zero-order chi connectivity index (χ0) is 18.6. The second-order valence-electron chi connectivity index (χ2n) is 6.43. The van der Waals surface area contributed by atoms with Gasteiger partial charge in [-0.05, 0) is 24.1 Å². The highest BCUT2D eigenvalue weighted by Gasteiger charge is 2.22. The summed E-state index contributed by atoms with van der Waals surface area (Å²) < 4.78 is 11.8. The first-order valence-electron chi connectivity index (χ1n) is 9.22. The van der Waals surface area contributed by atoms with Crippen LogP contribution in [0.5, 0.6) is 5.75 Å². The van der Waals surface area contributed by atoms with Crippen LogP contribution < -0.4 is 4.74 Å². The Hall–Kier alpha value is -3.26. The largest absolute Gasteiger partial charge is 0.497 e. The minimum atomic E-state index is 0.852. The molecule has 0 amide bonds. The van der Waals surface area contributed by atoms with Gasteiger partial charge in [0.2, 0.25) is 0 Å². The lowest BCUT2D eigenvalue weighted by atomic mass is 9.94. The molecule has 2 nitrogen and oxygen atoms in total. The van der Waals surface area contributed by atoms with E-state index in [-0.39, 0.29) is 0 Å². The van der Waals surface area contributed by atoms with E-state index in [0.29, 0.717) is 0 Å². The van der Waals surface area contributed by atoms with E-state index in [2.05, 4.69) is 43.3 Å². The summed E-state index contributed by atoms with van der Waals surface area (Å²) in [6, 6.07) is 28.8. The third-order valence-corrected chi connectivity index (χ3v) is 4.81. The Morgan fingerprint density at radius 1 is 0.667 bits per heavy atom. The molecular weight excluding hydrogens is 332 g/mol. The van der Waals surface area contributed by atoms with Gasteiger partial charge >= 0.3 is 0 Å². The van der Waals surface area contributed by atoms with Crippen molar-refractivity contribution in [1.82, 2.24) is 0 Å². The molecule has 0 saturated carbocycles. The van der Waals surface area contributed by atoms with Crippen molar-refractivity contribution in [2.45, 2.75) is 13.3 Å². The molecule has 0 unspecified atom stereocenters. The van der Waals surface area contributed by atoms with Crippen LogP contribution in [0.1, 0.15) is 12.5 Å². The summed E-state index contributed by atoms with van der Waals surface area (Å²) in [7, 11) is 1.69. The molecule has 0 radical (unpaired) electrons. The Morgan fingerprint density at radius 3 is 1.74 bits per heavy atom. The smallest absolute Gasteiger partial charge is 0.142 e. The van der Waals surface area contributed by atoms with Gasteiger partial charge in [0.05, 0.1) is 7.11 Å². The van der Waals surface area contributed by atoms with Crippen LogP contribution in [0.2, 0.25) is 0 Å². The number of hydrogen-bond acceptors (Lipinski definition) is 2. The third kappa shape index (κ3) is 3.26. The highest BCUT2D eigenvalue weighted by molar-refractivity contribution is 5.87. The summed E-state index contributed by atoms with van der Waals surface area (Å²) in [4.78, 5) is 0. The van der Waals surface area contributed by atoms with Gasteiger partial charge in [-0.1, -0.05) is 79.7 Å². The normalized spacial score (nSPS) is 10.7. The number of ether oxygens (including phenoxy) is 1. The zero-order valence-electron chi connectivity index (χ0n) is 15.6. The van der Waals surface area contributed by atoms with E-state index in [1.807, 2.05) is 48.5 Å². The number of furan rings is 1. The van der Waals surface area contributed by atoms with Crippen LogP contribution in [0.25, 0.3) is 33.8 Å². The molecule has 1 aromatic heterocycles. The molecule has 4 aromatic rings. The molecule has 0 N–H and O–H groups in total. The maximum atomic E-state index is 6.49. The first-order chi connectivity index (χ1) is 13.3. The SMILES string of the molecule is CCc1c(-c2ccccc2)oc(-c2ccccc2)c1-c1ccc(OC)cc1. The van der Waals surface area contributed by atoms with E-state index < -0.39 is 0 Å². The summed E-state index contributed by atoms with van der Waals surface area (Å²) in [5, 5.41) is 0. The topological polar surface area (TPSA) is 22.4 Å². The van der Waals surface area contributed by atoms with Gasteiger partial charge in [0, 0.05) is 22.3 Å². The summed E-state index contributed by atoms with van der Waals surface area (Å²) in [5.41, 5.74) is 5.71. The second kappa shape index (κ2) is 7.55. The molecule has 2 heteroatoms. The number of methoxy groups -OCH3 is 1. The monoisotopic (exact) mass is 354 g/mol. The maximum Gasteiger partial charge on any atom is 0.142 e. The molecule has 0 spiro atoms. The Morgan fingerprint density at radius 2 is 1.22 bits per heavy atom. The number of hydrogen-bond donors (Lipinski definition) is 0. The molecule has 0 aliphatic heterocycles. The summed E-state index contributed by atoms with van der Waals surface area (Å²) in [6.45, 7) is 2.18. The summed E-state index contributed by atoms with van der Waals surface area (Å²) >= 11 is 0. The minimum Gasteiger partial charge on any atom is -0.497 e. The molecule has 0 fully saturated rings. The molecule has 0 saturated heterocycles. The van der Waals surface area contributed by atoms with Crippen LogP contribution in [-0.2, 0) is 6.42 Å². The van der Waals surface area contributed by atoms with E-state index in [1.54, 1.807) is 7.11 Å². The Kier molecular flexibility index (Phi) is 4.80. The van der Waals surface area contributed by atoms with E-state index in [0.717, 1.165) is 45.9 Å². The van der Waals surface area contributed by atoms with E-state index in [1.165, 1.54) is 5.56 Å². The molecule has 0 aliphatic carbocycles. The molecule has 134 valence electrons. The van der Waals surface area contributed by atoms with Gasteiger partial charge in [0.1, 0.15) is 17.3 Å². The highest BCUT2D eigenvalue weighted by atomic mass is 16.5. The van der Waals surface area contributed by atoms with Crippen molar-refractivity contribution in [1.29, 1.82) is 0 Å². The van der Waals surface area contributed by atoms with Crippen molar-refractivity contribution in [3.05, 3.63) is 90.5 Å². The molecule has 27 heavy (non-hydrogen) atoms. The van der Waals surface area contributed by atoms with Crippen LogP contribution in [0.15, 0.2) is 89.3 Å². The first-order valence-corrected chi connectivity index (χ1v) is 9.22. The predicted molar refractivity (Wildman–Crippen MR) is 111 cm³/mol. The second-order valence-corrected chi connectivity index (χ2v) is 6.43. The number of benzene rings is 3. The average molecular weight is 354 g/mol. The molecule has 4 rings (SSSR count). The standard InChI is InChI=1S/C25H22O2/c1-3-22-23(18-14-16-21(26-2)17-15-18)25(20-12-8-5-9-13-20)27-24(22)19-10-6-4-7-11-19/h4-17H,3H2,1-2H3. The predicted octanol–water partition coefficient (Wildman–Crippen LogP) is 6.85. The van der Waals surface area contributed by atoms with Crippen molar-refractivity contribution in [3.63, 3.8) is 0 Å². The van der Waals surface area contributed by atoms with Crippen molar-refractivity contribution in [3.8, 4) is 39.5 Å². The third-order valence-electron chi connectivity index (χ3n) is 4.81. The fourth-order valence-electron chi connectivity index (χ4n) is 3.48.